The number of nitrogens with one attached hydrogen (secondary N) is 1. The summed E-state index contributed by atoms with van der Waals surface area (Å²) in [6.45, 7) is 6.96. The molecule has 0 fully saturated rings. The Labute approximate surface area is 133 Å². The summed E-state index contributed by atoms with van der Waals surface area (Å²) in [7, 11) is 0. The van der Waals surface area contributed by atoms with Crippen LogP contribution in [0.5, 0.6) is 5.75 Å². The number of hydrogen-bond acceptors (Lipinski definition) is 3. The Hall–Kier alpha value is -1.58. The highest BCUT2D eigenvalue weighted by atomic mass is 16.5. The molecule has 0 bridgehead atoms. The van der Waals surface area contributed by atoms with E-state index in [0.29, 0.717) is 5.92 Å². The Morgan fingerprint density at radius 3 is 2.73 bits per heavy atom. The van der Waals surface area contributed by atoms with Gasteiger partial charge in [-0.2, -0.15) is 0 Å². The smallest absolute Gasteiger partial charge is 0.124 e. The van der Waals surface area contributed by atoms with Gasteiger partial charge in [-0.05, 0) is 42.1 Å². The zero-order valence-corrected chi connectivity index (χ0v) is 13.6. The minimum atomic E-state index is 0.223. The van der Waals surface area contributed by atoms with Crippen molar-refractivity contribution in [1.29, 1.82) is 0 Å². The van der Waals surface area contributed by atoms with Crippen LogP contribution >= 0.6 is 0 Å². The van der Waals surface area contributed by atoms with E-state index in [1.165, 1.54) is 16.3 Å². The molecule has 120 valence electrons. The van der Waals surface area contributed by atoms with Crippen LogP contribution in [0.2, 0.25) is 0 Å². The summed E-state index contributed by atoms with van der Waals surface area (Å²) >= 11 is 0. The molecule has 22 heavy (non-hydrogen) atoms. The minimum absolute atomic E-state index is 0.223. The Morgan fingerprint density at radius 2 is 1.95 bits per heavy atom. The maximum atomic E-state index is 8.89. The van der Waals surface area contributed by atoms with Gasteiger partial charge in [-0.1, -0.05) is 44.2 Å². The molecule has 2 N–H and O–H groups in total. The van der Waals surface area contributed by atoms with Crippen LogP contribution < -0.4 is 10.1 Å². The highest BCUT2D eigenvalue weighted by Crippen LogP contribution is 2.28. The van der Waals surface area contributed by atoms with Gasteiger partial charge in [0.2, 0.25) is 0 Å². The van der Waals surface area contributed by atoms with Gasteiger partial charge in [0.25, 0.3) is 0 Å². The summed E-state index contributed by atoms with van der Waals surface area (Å²) in [4.78, 5) is 0. The fourth-order valence-electron chi connectivity index (χ4n) is 2.46. The zero-order valence-electron chi connectivity index (χ0n) is 13.6. The molecular formula is C19H27NO2. The Balaban J connectivity index is 2.17. The molecule has 0 saturated carbocycles. The van der Waals surface area contributed by atoms with Gasteiger partial charge in [-0.3, -0.25) is 0 Å². The lowest BCUT2D eigenvalue weighted by Gasteiger charge is -2.15. The quantitative estimate of drug-likeness (QED) is 0.693. The molecule has 0 heterocycles. The molecule has 3 heteroatoms. The van der Waals surface area contributed by atoms with Gasteiger partial charge < -0.3 is 15.2 Å². The van der Waals surface area contributed by atoms with Gasteiger partial charge in [0, 0.05) is 18.7 Å². The molecule has 0 unspecified atom stereocenters. The first-order valence-electron chi connectivity index (χ1n) is 8.17. The van der Waals surface area contributed by atoms with Crippen LogP contribution in [0.25, 0.3) is 10.8 Å². The highest BCUT2D eigenvalue weighted by Gasteiger charge is 2.09. The van der Waals surface area contributed by atoms with Crippen LogP contribution in [0.15, 0.2) is 36.4 Å². The molecule has 0 amide bonds. The van der Waals surface area contributed by atoms with E-state index < -0.39 is 0 Å². The van der Waals surface area contributed by atoms with Crippen molar-refractivity contribution in [2.75, 3.05) is 19.8 Å². The van der Waals surface area contributed by atoms with E-state index in [4.69, 9.17) is 9.84 Å². The molecule has 0 aromatic heterocycles. The highest BCUT2D eigenvalue weighted by molar-refractivity contribution is 5.87. The summed E-state index contributed by atoms with van der Waals surface area (Å²) in [5, 5.41) is 14.8. The van der Waals surface area contributed by atoms with Crippen molar-refractivity contribution in [1.82, 2.24) is 5.32 Å². The van der Waals surface area contributed by atoms with E-state index in [1.807, 2.05) is 0 Å². The van der Waals surface area contributed by atoms with Crippen molar-refractivity contribution in [3.05, 3.63) is 42.0 Å². The zero-order chi connectivity index (χ0) is 15.8. The number of rotatable bonds is 9. The molecule has 2 aromatic rings. The van der Waals surface area contributed by atoms with Gasteiger partial charge in [0.05, 0.1) is 6.61 Å². The fourth-order valence-corrected chi connectivity index (χ4v) is 2.46. The predicted octanol–water partition coefficient (Wildman–Crippen LogP) is 3.74. The first-order valence-corrected chi connectivity index (χ1v) is 8.17. The number of benzene rings is 2. The average Bonchev–Trinajstić information content (AvgIpc) is 2.52. The van der Waals surface area contributed by atoms with E-state index in [9.17, 15) is 0 Å². The van der Waals surface area contributed by atoms with Gasteiger partial charge in [-0.15, -0.1) is 0 Å². The molecule has 0 radical (unpaired) electrons. The molecule has 0 saturated heterocycles. The summed E-state index contributed by atoms with van der Waals surface area (Å²) in [5.74, 6) is 1.61. The third kappa shape index (κ3) is 4.72. The van der Waals surface area contributed by atoms with Crippen molar-refractivity contribution in [2.45, 2.75) is 33.2 Å². The fraction of sp³-hybridized carbons (Fsp3) is 0.474. The Bertz CT molecular complexity index is 581. The van der Waals surface area contributed by atoms with Crippen molar-refractivity contribution in [3.8, 4) is 5.75 Å². The molecule has 3 nitrogen and oxygen atoms in total. The first kappa shape index (κ1) is 16.8. The van der Waals surface area contributed by atoms with Crippen LogP contribution in [0.4, 0.5) is 0 Å². The Morgan fingerprint density at radius 1 is 1.14 bits per heavy atom. The molecule has 0 aliphatic carbocycles. The predicted molar refractivity (Wildman–Crippen MR) is 92.3 cm³/mol. The van der Waals surface area contributed by atoms with E-state index in [0.717, 1.165) is 38.3 Å². The number of fused-ring (bicyclic) bond motifs is 1. The average molecular weight is 301 g/mol. The van der Waals surface area contributed by atoms with Crippen LogP contribution in [0.1, 0.15) is 32.3 Å². The van der Waals surface area contributed by atoms with Crippen LogP contribution in [0.3, 0.4) is 0 Å². The lowest BCUT2D eigenvalue weighted by molar-refractivity contribution is 0.282. The minimum Gasteiger partial charge on any atom is -0.493 e. The third-order valence-corrected chi connectivity index (χ3v) is 3.76. The lowest BCUT2D eigenvalue weighted by Crippen LogP contribution is -2.17. The van der Waals surface area contributed by atoms with Gasteiger partial charge in [-0.25, -0.2) is 0 Å². The largest absolute Gasteiger partial charge is 0.493 e. The second-order valence-corrected chi connectivity index (χ2v) is 6.05. The normalized spacial score (nSPS) is 11.3. The van der Waals surface area contributed by atoms with Crippen LogP contribution in [0, 0.1) is 5.92 Å². The molecule has 0 spiro atoms. The summed E-state index contributed by atoms with van der Waals surface area (Å²) in [5.41, 5.74) is 1.21. The van der Waals surface area contributed by atoms with Crippen LogP contribution in [-0.4, -0.2) is 24.9 Å². The number of aliphatic hydroxyl groups is 1. The maximum absolute atomic E-state index is 8.89. The van der Waals surface area contributed by atoms with Crippen molar-refractivity contribution >= 4 is 10.8 Å². The number of hydrogen-bond donors (Lipinski definition) is 2. The molecule has 2 aromatic carbocycles. The van der Waals surface area contributed by atoms with E-state index in [-0.39, 0.29) is 6.61 Å². The standard InChI is InChI=1S/C19H27NO2/c1-15(2)10-13-22-19-9-8-16-6-3-4-7-17(16)18(19)14-20-11-5-12-21/h3-4,6-9,15,20-21H,5,10-14H2,1-2H3. The monoisotopic (exact) mass is 301 g/mol. The molecule has 2 rings (SSSR count). The third-order valence-electron chi connectivity index (χ3n) is 3.76. The second kappa shape index (κ2) is 8.76. The number of aliphatic hydroxyl groups excluding tert-OH is 1. The second-order valence-electron chi connectivity index (χ2n) is 6.05. The Kier molecular flexibility index (Phi) is 6.69. The van der Waals surface area contributed by atoms with E-state index >= 15 is 0 Å². The van der Waals surface area contributed by atoms with Gasteiger partial charge in [0.15, 0.2) is 0 Å². The molecule has 0 aliphatic heterocycles. The summed E-state index contributed by atoms with van der Waals surface area (Å²) in [6, 6.07) is 12.6. The summed E-state index contributed by atoms with van der Waals surface area (Å²) < 4.78 is 6.02. The topological polar surface area (TPSA) is 41.5 Å². The van der Waals surface area contributed by atoms with Gasteiger partial charge in [0.1, 0.15) is 5.75 Å². The molecule has 0 aliphatic rings. The van der Waals surface area contributed by atoms with E-state index in [2.05, 4.69) is 55.6 Å². The van der Waals surface area contributed by atoms with Crippen LogP contribution in [-0.2, 0) is 6.54 Å². The number of ether oxygens (including phenoxy) is 1. The summed E-state index contributed by atoms with van der Waals surface area (Å²) in [6.07, 6.45) is 1.83. The molecule has 0 atom stereocenters. The first-order chi connectivity index (χ1) is 10.7. The van der Waals surface area contributed by atoms with Crippen molar-refractivity contribution < 1.29 is 9.84 Å². The lowest BCUT2D eigenvalue weighted by atomic mass is 10.0. The van der Waals surface area contributed by atoms with E-state index in [1.54, 1.807) is 0 Å². The SMILES string of the molecule is CC(C)CCOc1ccc2ccccc2c1CNCCCO. The van der Waals surface area contributed by atoms with Gasteiger partial charge >= 0.3 is 0 Å². The molecular weight excluding hydrogens is 274 g/mol. The van der Waals surface area contributed by atoms with Crippen molar-refractivity contribution in [3.63, 3.8) is 0 Å². The van der Waals surface area contributed by atoms with Crippen molar-refractivity contribution in [2.24, 2.45) is 5.92 Å². The maximum Gasteiger partial charge on any atom is 0.124 e.